The van der Waals surface area contributed by atoms with Gasteiger partial charge in [-0.1, -0.05) is 0 Å². The highest BCUT2D eigenvalue weighted by Gasteiger charge is 2.54. The molecule has 0 radical (unpaired) electrons. The molecule has 0 saturated carbocycles. The van der Waals surface area contributed by atoms with Crippen molar-refractivity contribution in [1.29, 1.82) is 5.26 Å². The number of nitrogen functional groups attached to an aromatic ring is 1. The van der Waals surface area contributed by atoms with E-state index < -0.39 is 37.3 Å². The molecular weight excluding hydrogens is 306 g/mol. The van der Waals surface area contributed by atoms with Gasteiger partial charge in [-0.2, -0.15) is 5.26 Å². The van der Waals surface area contributed by atoms with Crippen LogP contribution in [0.5, 0.6) is 0 Å². The van der Waals surface area contributed by atoms with Crippen molar-refractivity contribution in [2.45, 2.75) is 24.0 Å². The van der Waals surface area contributed by atoms with Crippen LogP contribution in [0.3, 0.4) is 0 Å². The molecule has 1 aliphatic heterocycles. The van der Waals surface area contributed by atoms with Gasteiger partial charge in [-0.05, 0) is 0 Å². The molecule has 2 aromatic rings. The SMILES string of the molecule is N#Cc1cn([C@@H]2OC(CO)(CO)[C@@H](O)[C@H]2O)c2ncnc(N)c12. The fraction of sp³-hybridized carbons (Fsp3) is 0.462. The summed E-state index contributed by atoms with van der Waals surface area (Å²) in [6.45, 7) is -1.39. The number of hydrogen-bond acceptors (Lipinski definition) is 9. The first-order valence-electron chi connectivity index (χ1n) is 6.76. The zero-order valence-corrected chi connectivity index (χ0v) is 11.9. The number of ether oxygens (including phenoxy) is 1. The summed E-state index contributed by atoms with van der Waals surface area (Å²) in [6, 6.07) is 1.95. The van der Waals surface area contributed by atoms with Gasteiger partial charge < -0.3 is 35.5 Å². The lowest BCUT2D eigenvalue weighted by Crippen LogP contribution is -2.49. The van der Waals surface area contributed by atoms with Gasteiger partial charge in [0, 0.05) is 6.20 Å². The third-order valence-electron chi connectivity index (χ3n) is 4.08. The number of aliphatic hydroxyl groups excluding tert-OH is 4. The molecule has 0 amide bonds. The van der Waals surface area contributed by atoms with Gasteiger partial charge in [0.2, 0.25) is 0 Å². The van der Waals surface area contributed by atoms with Crippen molar-refractivity contribution in [2.24, 2.45) is 0 Å². The summed E-state index contributed by atoms with van der Waals surface area (Å²) < 4.78 is 6.84. The lowest BCUT2D eigenvalue weighted by molar-refractivity contribution is -0.149. The Balaban J connectivity index is 2.15. The molecule has 3 rings (SSSR count). The number of nitrogens with zero attached hydrogens (tertiary/aromatic N) is 4. The van der Waals surface area contributed by atoms with Gasteiger partial charge in [-0.25, -0.2) is 9.97 Å². The Kier molecular flexibility index (Phi) is 3.67. The summed E-state index contributed by atoms with van der Waals surface area (Å²) in [4.78, 5) is 7.86. The Morgan fingerprint density at radius 2 is 2.04 bits per heavy atom. The number of anilines is 1. The van der Waals surface area contributed by atoms with Crippen molar-refractivity contribution in [1.82, 2.24) is 14.5 Å². The van der Waals surface area contributed by atoms with Crippen molar-refractivity contribution in [2.75, 3.05) is 18.9 Å². The number of aromatic nitrogens is 3. The minimum absolute atomic E-state index is 0.0916. The predicted octanol–water partition coefficient (Wildman–Crippen LogP) is -2.14. The summed E-state index contributed by atoms with van der Waals surface area (Å²) in [5, 5.41) is 48.7. The average Bonchev–Trinajstić information content (AvgIpc) is 3.06. The summed E-state index contributed by atoms with van der Waals surface area (Å²) in [6.07, 6.45) is -1.58. The van der Waals surface area contributed by atoms with E-state index in [1.54, 1.807) is 0 Å². The zero-order valence-electron chi connectivity index (χ0n) is 11.9. The third-order valence-corrected chi connectivity index (χ3v) is 4.08. The standard InChI is InChI=1S/C13H15N5O5/c14-1-6-2-18(11-7(6)10(15)16-5-17-11)12-8(21)9(22)13(3-19,4-20)23-12/h2,5,8-9,12,19-22H,3-4H2,(H2,15,16,17)/t8-,9+,12-/m1/s1. The molecule has 23 heavy (non-hydrogen) atoms. The number of fused-ring (bicyclic) bond motifs is 1. The lowest BCUT2D eigenvalue weighted by atomic mass is 9.97. The van der Waals surface area contributed by atoms with E-state index in [9.17, 15) is 25.7 Å². The average molecular weight is 321 g/mol. The first kappa shape index (κ1) is 15.6. The molecule has 3 heterocycles. The van der Waals surface area contributed by atoms with E-state index in [2.05, 4.69) is 9.97 Å². The molecule has 122 valence electrons. The van der Waals surface area contributed by atoms with Gasteiger partial charge in [-0.3, -0.25) is 0 Å². The third kappa shape index (κ3) is 2.07. The second kappa shape index (κ2) is 5.41. The maximum atomic E-state index is 10.2. The minimum Gasteiger partial charge on any atom is -0.393 e. The topological polar surface area (TPSA) is 171 Å². The van der Waals surface area contributed by atoms with Gasteiger partial charge in [0.05, 0.1) is 24.2 Å². The van der Waals surface area contributed by atoms with Gasteiger partial charge >= 0.3 is 0 Å². The summed E-state index contributed by atoms with van der Waals surface area (Å²) in [5.41, 5.74) is 4.46. The molecule has 0 aromatic carbocycles. The number of nitrogens with two attached hydrogens (primary N) is 1. The van der Waals surface area contributed by atoms with Crippen LogP contribution in [0.4, 0.5) is 5.82 Å². The minimum atomic E-state index is -1.72. The quantitative estimate of drug-likeness (QED) is 0.423. The molecule has 0 unspecified atom stereocenters. The molecule has 2 aromatic heterocycles. The Morgan fingerprint density at radius 3 is 2.61 bits per heavy atom. The van der Waals surface area contributed by atoms with E-state index in [-0.39, 0.29) is 17.0 Å². The molecule has 10 nitrogen and oxygen atoms in total. The van der Waals surface area contributed by atoms with Crippen LogP contribution in [0, 0.1) is 11.3 Å². The highest BCUT2D eigenvalue weighted by atomic mass is 16.6. The van der Waals surface area contributed by atoms with Gasteiger partial charge in [0.25, 0.3) is 0 Å². The van der Waals surface area contributed by atoms with E-state index in [1.165, 1.54) is 17.1 Å². The lowest BCUT2D eigenvalue weighted by Gasteiger charge is -2.27. The van der Waals surface area contributed by atoms with Crippen molar-refractivity contribution >= 4 is 16.9 Å². The van der Waals surface area contributed by atoms with Gasteiger partial charge in [-0.15, -0.1) is 0 Å². The Labute approximate surface area is 130 Å². The van der Waals surface area contributed by atoms with E-state index in [0.717, 1.165) is 0 Å². The molecule has 3 atom stereocenters. The first-order chi connectivity index (χ1) is 11.0. The normalized spacial score (nSPS) is 26.5. The molecule has 1 fully saturated rings. The smallest absolute Gasteiger partial charge is 0.165 e. The van der Waals surface area contributed by atoms with Crippen LogP contribution in [0.2, 0.25) is 0 Å². The van der Waals surface area contributed by atoms with Crippen LogP contribution in [0.15, 0.2) is 12.5 Å². The number of rotatable bonds is 3. The van der Waals surface area contributed by atoms with Crippen LogP contribution in [-0.2, 0) is 4.74 Å². The molecule has 1 saturated heterocycles. The van der Waals surface area contributed by atoms with Crippen LogP contribution in [0.25, 0.3) is 11.0 Å². The first-order valence-corrected chi connectivity index (χ1v) is 6.76. The molecule has 1 aliphatic rings. The number of aliphatic hydroxyl groups is 4. The molecule has 6 N–H and O–H groups in total. The van der Waals surface area contributed by atoms with E-state index in [4.69, 9.17) is 10.5 Å². The second-order valence-electron chi connectivity index (χ2n) is 5.34. The maximum Gasteiger partial charge on any atom is 0.165 e. The Morgan fingerprint density at radius 1 is 1.35 bits per heavy atom. The maximum absolute atomic E-state index is 10.2. The van der Waals surface area contributed by atoms with E-state index in [0.29, 0.717) is 5.39 Å². The van der Waals surface area contributed by atoms with Gasteiger partial charge in [0.1, 0.15) is 41.7 Å². The monoisotopic (exact) mass is 321 g/mol. The van der Waals surface area contributed by atoms with Crippen LogP contribution in [0.1, 0.15) is 11.8 Å². The second-order valence-corrected chi connectivity index (χ2v) is 5.34. The van der Waals surface area contributed by atoms with Crippen molar-refractivity contribution in [3.05, 3.63) is 18.1 Å². The van der Waals surface area contributed by atoms with Crippen molar-refractivity contribution < 1.29 is 25.2 Å². The van der Waals surface area contributed by atoms with Gasteiger partial charge in [0.15, 0.2) is 6.23 Å². The highest BCUT2D eigenvalue weighted by Crippen LogP contribution is 2.39. The molecular formula is C13H15N5O5. The fourth-order valence-electron chi connectivity index (χ4n) is 2.77. The Hall–Kier alpha value is -2.29. The molecule has 0 bridgehead atoms. The van der Waals surface area contributed by atoms with Crippen LogP contribution in [-0.4, -0.2) is 66.0 Å². The summed E-state index contributed by atoms with van der Waals surface area (Å²) >= 11 is 0. The largest absolute Gasteiger partial charge is 0.393 e. The van der Waals surface area contributed by atoms with Crippen LogP contribution >= 0.6 is 0 Å². The number of hydrogen-bond donors (Lipinski definition) is 5. The fourth-order valence-corrected chi connectivity index (χ4v) is 2.77. The Bertz CT molecular complexity index is 781. The number of nitriles is 1. The molecule has 0 aliphatic carbocycles. The van der Waals surface area contributed by atoms with Crippen LogP contribution < -0.4 is 5.73 Å². The predicted molar refractivity (Wildman–Crippen MR) is 75.7 cm³/mol. The molecule has 10 heteroatoms. The summed E-state index contributed by atoms with van der Waals surface area (Å²) in [7, 11) is 0. The van der Waals surface area contributed by atoms with E-state index >= 15 is 0 Å². The highest BCUT2D eigenvalue weighted by molar-refractivity contribution is 5.91. The summed E-state index contributed by atoms with van der Waals surface area (Å²) in [5.74, 6) is 0.0916. The zero-order chi connectivity index (χ0) is 16.8. The van der Waals surface area contributed by atoms with Crippen molar-refractivity contribution in [3.8, 4) is 6.07 Å². The van der Waals surface area contributed by atoms with Crippen molar-refractivity contribution in [3.63, 3.8) is 0 Å². The molecule has 0 spiro atoms. The van der Waals surface area contributed by atoms with E-state index in [1.807, 2.05) is 6.07 Å².